The van der Waals surface area contributed by atoms with Crippen LogP contribution < -0.4 is 15.1 Å². The largest absolute Gasteiger partial charge is 0.333 e. The van der Waals surface area contributed by atoms with Gasteiger partial charge >= 0.3 is 0 Å². The highest BCUT2D eigenvalue weighted by atomic mass is 32.1. The van der Waals surface area contributed by atoms with E-state index in [0.29, 0.717) is 12.2 Å². The Morgan fingerprint density at radius 2 is 1.92 bits per heavy atom. The summed E-state index contributed by atoms with van der Waals surface area (Å²) in [6.45, 7) is 5.92. The number of likely N-dealkylation sites (tertiary alicyclic amines) is 1. The number of hydrogen-bond acceptors (Lipinski definition) is 4. The lowest BCUT2D eigenvalue weighted by Crippen LogP contribution is -3.13. The van der Waals surface area contributed by atoms with Crippen LogP contribution in [-0.4, -0.2) is 49.3 Å². The number of quaternary nitrogens is 1. The zero-order chi connectivity index (χ0) is 18.5. The summed E-state index contributed by atoms with van der Waals surface area (Å²) in [6.07, 6.45) is 5.33. The molecule has 1 aromatic rings. The fraction of sp³-hybridized carbons (Fsp3) is 0.474. The number of rotatable bonds is 5. The minimum atomic E-state index is -0.931. The highest BCUT2D eigenvalue weighted by Gasteiger charge is 2.38. The summed E-state index contributed by atoms with van der Waals surface area (Å²) >= 11 is 5.20. The van der Waals surface area contributed by atoms with Crippen molar-refractivity contribution in [2.75, 3.05) is 31.1 Å². The molecule has 1 atom stereocenters. The smallest absolute Gasteiger partial charge is 0.251 e. The van der Waals surface area contributed by atoms with Crippen LogP contribution in [0.2, 0.25) is 0 Å². The second kappa shape index (κ2) is 8.51. The normalized spacial score (nSPS) is 22.1. The minimum Gasteiger partial charge on any atom is -0.333 e. The summed E-state index contributed by atoms with van der Waals surface area (Å²) in [7, 11) is 0. The van der Waals surface area contributed by atoms with E-state index in [1.165, 1.54) is 43.5 Å². The van der Waals surface area contributed by atoms with E-state index in [9.17, 15) is 9.59 Å². The first-order valence-corrected chi connectivity index (χ1v) is 9.56. The third-order valence-corrected chi connectivity index (χ3v) is 5.19. The molecule has 3 rings (SSSR count). The Kier molecular flexibility index (Phi) is 6.11. The summed E-state index contributed by atoms with van der Waals surface area (Å²) < 4.78 is 0. The van der Waals surface area contributed by atoms with Crippen molar-refractivity contribution in [2.45, 2.75) is 26.2 Å². The number of nitrogens with one attached hydrogen (secondary N) is 2. The van der Waals surface area contributed by atoms with Gasteiger partial charge in [-0.3, -0.25) is 19.5 Å². The molecular formula is C19H25N4O2S+. The van der Waals surface area contributed by atoms with Crippen LogP contribution in [-0.2, 0) is 9.59 Å². The van der Waals surface area contributed by atoms with Crippen LogP contribution in [0, 0.1) is 12.8 Å². The van der Waals surface area contributed by atoms with Gasteiger partial charge in [-0.2, -0.15) is 0 Å². The number of piperidine rings is 1. The van der Waals surface area contributed by atoms with Gasteiger partial charge in [0.25, 0.3) is 5.91 Å². The summed E-state index contributed by atoms with van der Waals surface area (Å²) in [6, 6.07) is 7.47. The molecule has 2 aliphatic rings. The number of carbonyl (C=O) groups is 2. The second-order valence-corrected chi connectivity index (χ2v) is 7.28. The maximum Gasteiger partial charge on any atom is 0.251 e. The van der Waals surface area contributed by atoms with Crippen LogP contribution in [0.5, 0.6) is 0 Å². The van der Waals surface area contributed by atoms with Gasteiger partial charge in [-0.15, -0.1) is 0 Å². The molecule has 0 aromatic heterocycles. The zero-order valence-electron chi connectivity index (χ0n) is 15.0. The van der Waals surface area contributed by atoms with Gasteiger partial charge in [0, 0.05) is 6.21 Å². The van der Waals surface area contributed by atoms with Crippen LogP contribution in [0.1, 0.15) is 24.8 Å². The molecule has 0 bridgehead atoms. The number of nitrogens with zero attached hydrogens (tertiary/aromatic N) is 2. The van der Waals surface area contributed by atoms with E-state index in [4.69, 9.17) is 12.2 Å². The van der Waals surface area contributed by atoms with Crippen molar-refractivity contribution in [3.63, 3.8) is 0 Å². The lowest BCUT2D eigenvalue weighted by atomic mass is 10.1. The Balaban J connectivity index is 1.65. The number of aliphatic imine (C=N–C) groups is 1. The maximum absolute atomic E-state index is 12.8. The topological polar surface area (TPSA) is 66.2 Å². The lowest BCUT2D eigenvalue weighted by Gasteiger charge is -2.31. The molecule has 1 aromatic carbocycles. The second-order valence-electron chi connectivity index (χ2n) is 6.90. The van der Waals surface area contributed by atoms with Crippen LogP contribution in [0.15, 0.2) is 29.3 Å². The predicted octanol–water partition coefficient (Wildman–Crippen LogP) is 0.499. The predicted molar refractivity (Wildman–Crippen MR) is 106 cm³/mol. The first-order chi connectivity index (χ1) is 12.6. The lowest BCUT2D eigenvalue weighted by molar-refractivity contribution is -0.903. The van der Waals surface area contributed by atoms with Gasteiger partial charge in [0.05, 0.1) is 31.9 Å². The Morgan fingerprint density at radius 1 is 1.23 bits per heavy atom. The highest BCUT2D eigenvalue weighted by molar-refractivity contribution is 7.80. The molecule has 0 saturated carbocycles. The number of hydrogen-bond donors (Lipinski definition) is 2. The van der Waals surface area contributed by atoms with E-state index in [1.807, 2.05) is 31.2 Å². The Hall–Kier alpha value is -2.12. The SMILES string of the molecule is Cc1ccc(N2C(=O)[C@H](C=NCC[NH+]3CCCCC3)C(=O)NC2=S)cc1. The van der Waals surface area contributed by atoms with Gasteiger partial charge in [0.2, 0.25) is 5.91 Å². The van der Waals surface area contributed by atoms with Crippen molar-refractivity contribution >= 4 is 41.0 Å². The molecule has 0 unspecified atom stereocenters. The molecule has 26 heavy (non-hydrogen) atoms. The number of carbonyl (C=O) groups excluding carboxylic acids is 2. The average Bonchev–Trinajstić information content (AvgIpc) is 2.63. The van der Waals surface area contributed by atoms with Crippen molar-refractivity contribution in [3.8, 4) is 0 Å². The van der Waals surface area contributed by atoms with Crippen molar-refractivity contribution in [3.05, 3.63) is 29.8 Å². The van der Waals surface area contributed by atoms with Crippen LogP contribution in [0.25, 0.3) is 0 Å². The third-order valence-electron chi connectivity index (χ3n) is 4.90. The minimum absolute atomic E-state index is 0.117. The number of benzene rings is 1. The van der Waals surface area contributed by atoms with Gasteiger partial charge in [-0.05, 0) is 50.5 Å². The fourth-order valence-corrected chi connectivity index (χ4v) is 3.66. The number of aryl methyl sites for hydroxylation is 1. The molecule has 2 fully saturated rings. The van der Waals surface area contributed by atoms with E-state index in [-0.39, 0.29) is 11.0 Å². The Bertz CT molecular complexity index is 711. The molecule has 0 aliphatic carbocycles. The third kappa shape index (κ3) is 4.34. The number of amides is 2. The number of thiocarbonyl (C=S) groups is 1. The van der Waals surface area contributed by atoms with Gasteiger partial charge in [0.15, 0.2) is 11.0 Å². The molecule has 0 spiro atoms. The summed E-state index contributed by atoms with van der Waals surface area (Å²) in [5.41, 5.74) is 1.74. The van der Waals surface area contributed by atoms with Crippen molar-refractivity contribution in [1.82, 2.24) is 5.32 Å². The fourth-order valence-electron chi connectivity index (χ4n) is 3.36. The zero-order valence-corrected chi connectivity index (χ0v) is 15.8. The van der Waals surface area contributed by atoms with Crippen molar-refractivity contribution < 1.29 is 14.5 Å². The Labute approximate surface area is 159 Å². The maximum atomic E-state index is 12.8. The van der Waals surface area contributed by atoms with Crippen molar-refractivity contribution in [2.24, 2.45) is 10.9 Å². The molecule has 7 heteroatoms. The van der Waals surface area contributed by atoms with E-state index in [2.05, 4.69) is 10.3 Å². The quantitative estimate of drug-likeness (QED) is 0.449. The first-order valence-electron chi connectivity index (χ1n) is 9.15. The molecule has 2 aliphatic heterocycles. The summed E-state index contributed by atoms with van der Waals surface area (Å²) in [5.74, 6) is -1.69. The molecule has 138 valence electrons. The summed E-state index contributed by atoms with van der Waals surface area (Å²) in [5, 5.41) is 2.73. The summed E-state index contributed by atoms with van der Waals surface area (Å²) in [4.78, 5) is 32.3. The van der Waals surface area contributed by atoms with Crippen LogP contribution >= 0.6 is 12.2 Å². The average molecular weight is 374 g/mol. The molecule has 2 amide bonds. The standard InChI is InChI=1S/C19H24N4O2S/c1-14-5-7-15(8-6-14)23-18(25)16(17(24)21-19(23)26)13-20-9-12-22-10-3-2-4-11-22/h5-8,13,16H,2-4,9-12H2,1H3,(H,21,24,26)/p+1/t16-/m1/s1. The van der Waals surface area contributed by atoms with Crippen LogP contribution in [0.4, 0.5) is 5.69 Å². The molecular weight excluding hydrogens is 348 g/mol. The monoisotopic (exact) mass is 373 g/mol. The van der Waals surface area contributed by atoms with Gasteiger partial charge in [-0.25, -0.2) is 0 Å². The van der Waals surface area contributed by atoms with E-state index >= 15 is 0 Å². The Morgan fingerprint density at radius 3 is 2.62 bits per heavy atom. The van der Waals surface area contributed by atoms with E-state index in [0.717, 1.165) is 12.1 Å². The van der Waals surface area contributed by atoms with Gasteiger partial charge in [-0.1, -0.05) is 17.7 Å². The highest BCUT2D eigenvalue weighted by Crippen LogP contribution is 2.20. The van der Waals surface area contributed by atoms with Crippen LogP contribution in [0.3, 0.4) is 0 Å². The van der Waals surface area contributed by atoms with E-state index < -0.39 is 11.8 Å². The molecule has 2 saturated heterocycles. The molecule has 2 heterocycles. The first kappa shape index (κ1) is 18.7. The number of anilines is 1. The van der Waals surface area contributed by atoms with Gasteiger partial charge < -0.3 is 10.2 Å². The molecule has 6 nitrogen and oxygen atoms in total. The van der Waals surface area contributed by atoms with Gasteiger partial charge in [0.1, 0.15) is 0 Å². The van der Waals surface area contributed by atoms with E-state index in [1.54, 1.807) is 4.90 Å². The molecule has 0 radical (unpaired) electrons. The molecule has 2 N–H and O–H groups in total. The van der Waals surface area contributed by atoms with Crippen molar-refractivity contribution in [1.29, 1.82) is 0 Å².